The Morgan fingerprint density at radius 1 is 1.44 bits per heavy atom. The lowest BCUT2D eigenvalue weighted by molar-refractivity contribution is 0.0695. The SMILES string of the molecule is CCc1nc2ccc(F)cc2cc1C(=O)O. The first-order valence-electron chi connectivity index (χ1n) is 4.94. The lowest BCUT2D eigenvalue weighted by atomic mass is 10.1. The Bertz CT molecular complexity index is 566. The summed E-state index contributed by atoms with van der Waals surface area (Å²) in [7, 11) is 0. The van der Waals surface area contributed by atoms with Crippen molar-refractivity contribution in [1.82, 2.24) is 4.98 Å². The quantitative estimate of drug-likeness (QED) is 0.844. The minimum atomic E-state index is -1.03. The van der Waals surface area contributed by atoms with Crippen molar-refractivity contribution in [3.63, 3.8) is 0 Å². The molecule has 82 valence electrons. The molecule has 0 fully saturated rings. The fourth-order valence-electron chi connectivity index (χ4n) is 1.64. The third-order valence-electron chi connectivity index (χ3n) is 2.42. The molecule has 3 nitrogen and oxygen atoms in total. The summed E-state index contributed by atoms with van der Waals surface area (Å²) >= 11 is 0. The first-order valence-corrected chi connectivity index (χ1v) is 4.94. The molecule has 1 N–H and O–H groups in total. The van der Waals surface area contributed by atoms with Crippen LogP contribution in [0.5, 0.6) is 0 Å². The van der Waals surface area contributed by atoms with Crippen LogP contribution in [0.15, 0.2) is 24.3 Å². The molecule has 2 aromatic rings. The number of hydrogen-bond acceptors (Lipinski definition) is 2. The fraction of sp³-hybridized carbons (Fsp3) is 0.167. The van der Waals surface area contributed by atoms with E-state index in [1.807, 2.05) is 6.92 Å². The summed E-state index contributed by atoms with van der Waals surface area (Å²) in [6, 6.07) is 5.62. The number of aromatic carboxylic acids is 1. The van der Waals surface area contributed by atoms with Gasteiger partial charge in [-0.1, -0.05) is 6.92 Å². The van der Waals surface area contributed by atoms with Crippen LogP contribution in [0.1, 0.15) is 23.0 Å². The standard InChI is InChI=1S/C12H10FNO2/c1-2-10-9(12(15)16)6-7-5-8(13)3-4-11(7)14-10/h3-6H,2H2,1H3,(H,15,16). The number of hydrogen-bond donors (Lipinski definition) is 1. The topological polar surface area (TPSA) is 50.2 Å². The summed E-state index contributed by atoms with van der Waals surface area (Å²) in [6.45, 7) is 1.84. The summed E-state index contributed by atoms with van der Waals surface area (Å²) in [4.78, 5) is 15.2. The second kappa shape index (κ2) is 3.89. The van der Waals surface area contributed by atoms with Crippen molar-refractivity contribution in [2.75, 3.05) is 0 Å². The van der Waals surface area contributed by atoms with Crippen molar-refractivity contribution < 1.29 is 14.3 Å². The van der Waals surface area contributed by atoms with Crippen molar-refractivity contribution in [3.05, 3.63) is 41.3 Å². The maximum absolute atomic E-state index is 13.0. The molecule has 1 aromatic heterocycles. The van der Waals surface area contributed by atoms with E-state index in [0.717, 1.165) is 0 Å². The minimum absolute atomic E-state index is 0.139. The van der Waals surface area contributed by atoms with Crippen molar-refractivity contribution in [2.24, 2.45) is 0 Å². The van der Waals surface area contributed by atoms with Gasteiger partial charge in [0.25, 0.3) is 0 Å². The molecule has 0 atom stereocenters. The van der Waals surface area contributed by atoms with E-state index >= 15 is 0 Å². The van der Waals surface area contributed by atoms with Crippen LogP contribution in [0.3, 0.4) is 0 Å². The number of halogens is 1. The monoisotopic (exact) mass is 219 g/mol. The normalized spacial score (nSPS) is 10.6. The Balaban J connectivity index is 2.75. The Labute approximate surface area is 91.5 Å². The Kier molecular flexibility index (Phi) is 2.56. The van der Waals surface area contributed by atoms with Gasteiger partial charge in [0, 0.05) is 5.39 Å². The highest BCUT2D eigenvalue weighted by Crippen LogP contribution is 2.18. The first kappa shape index (κ1) is 10.5. The Hall–Kier alpha value is -1.97. The van der Waals surface area contributed by atoms with Gasteiger partial charge in [0.15, 0.2) is 0 Å². The predicted octanol–water partition coefficient (Wildman–Crippen LogP) is 2.63. The third-order valence-corrected chi connectivity index (χ3v) is 2.42. The van der Waals surface area contributed by atoms with Crippen molar-refractivity contribution in [3.8, 4) is 0 Å². The molecule has 2 rings (SSSR count). The number of carbonyl (C=O) groups is 1. The van der Waals surface area contributed by atoms with Gasteiger partial charge in [-0.05, 0) is 30.7 Å². The zero-order valence-electron chi connectivity index (χ0n) is 8.70. The van der Waals surface area contributed by atoms with Gasteiger partial charge in [-0.3, -0.25) is 4.98 Å². The van der Waals surface area contributed by atoms with Gasteiger partial charge in [-0.2, -0.15) is 0 Å². The zero-order valence-corrected chi connectivity index (χ0v) is 8.70. The molecule has 0 aliphatic carbocycles. The van der Waals surface area contributed by atoms with Gasteiger partial charge in [-0.15, -0.1) is 0 Å². The van der Waals surface area contributed by atoms with Gasteiger partial charge >= 0.3 is 5.97 Å². The van der Waals surface area contributed by atoms with Crippen LogP contribution in [0.25, 0.3) is 10.9 Å². The highest BCUT2D eigenvalue weighted by molar-refractivity contribution is 5.94. The number of nitrogens with zero attached hydrogens (tertiary/aromatic N) is 1. The van der Waals surface area contributed by atoms with Crippen LogP contribution in [-0.4, -0.2) is 16.1 Å². The number of aromatic nitrogens is 1. The molecule has 16 heavy (non-hydrogen) atoms. The van der Waals surface area contributed by atoms with E-state index in [1.165, 1.54) is 18.2 Å². The maximum Gasteiger partial charge on any atom is 0.337 e. The number of fused-ring (bicyclic) bond motifs is 1. The average molecular weight is 219 g/mol. The van der Waals surface area contributed by atoms with Crippen LogP contribution in [0.2, 0.25) is 0 Å². The van der Waals surface area contributed by atoms with Crippen molar-refractivity contribution in [1.29, 1.82) is 0 Å². The van der Waals surface area contributed by atoms with Crippen LogP contribution in [0, 0.1) is 5.82 Å². The molecule has 0 amide bonds. The molecular weight excluding hydrogens is 209 g/mol. The third kappa shape index (κ3) is 1.74. The van der Waals surface area contributed by atoms with Crippen molar-refractivity contribution in [2.45, 2.75) is 13.3 Å². The molecule has 0 bridgehead atoms. The lowest BCUT2D eigenvalue weighted by Crippen LogP contribution is -2.04. The summed E-state index contributed by atoms with van der Waals surface area (Å²) < 4.78 is 13.0. The number of aryl methyl sites for hydroxylation is 1. The maximum atomic E-state index is 13.0. The summed E-state index contributed by atoms with van der Waals surface area (Å²) in [5.41, 5.74) is 1.27. The number of carboxylic acid groups (broad SMARTS) is 1. The molecule has 1 aromatic carbocycles. The second-order valence-electron chi connectivity index (χ2n) is 3.48. The molecule has 4 heteroatoms. The molecular formula is C12H10FNO2. The predicted molar refractivity (Wildman–Crippen MR) is 58.0 cm³/mol. The fourth-order valence-corrected chi connectivity index (χ4v) is 1.64. The van der Waals surface area contributed by atoms with Crippen LogP contribution in [0.4, 0.5) is 4.39 Å². The van der Waals surface area contributed by atoms with Crippen LogP contribution >= 0.6 is 0 Å². The summed E-state index contributed by atoms with van der Waals surface area (Å²) in [5, 5.41) is 9.50. The van der Waals surface area contributed by atoms with E-state index in [-0.39, 0.29) is 5.56 Å². The van der Waals surface area contributed by atoms with E-state index in [0.29, 0.717) is 23.0 Å². The molecule has 0 saturated carbocycles. The van der Waals surface area contributed by atoms with E-state index in [1.54, 1.807) is 6.07 Å². The Morgan fingerprint density at radius 2 is 2.19 bits per heavy atom. The molecule has 0 unspecified atom stereocenters. The number of carboxylic acids is 1. The van der Waals surface area contributed by atoms with Crippen molar-refractivity contribution >= 4 is 16.9 Å². The first-order chi connectivity index (χ1) is 7.61. The van der Waals surface area contributed by atoms with E-state index < -0.39 is 11.8 Å². The van der Waals surface area contributed by atoms with Crippen LogP contribution in [-0.2, 0) is 6.42 Å². The summed E-state index contributed by atoms with van der Waals surface area (Å²) in [5.74, 6) is -1.43. The minimum Gasteiger partial charge on any atom is -0.478 e. The Morgan fingerprint density at radius 3 is 2.81 bits per heavy atom. The van der Waals surface area contributed by atoms with Gasteiger partial charge in [0.2, 0.25) is 0 Å². The van der Waals surface area contributed by atoms with Gasteiger partial charge in [0.05, 0.1) is 16.8 Å². The molecule has 0 spiro atoms. The molecule has 0 aliphatic rings. The van der Waals surface area contributed by atoms with E-state index in [9.17, 15) is 9.18 Å². The zero-order chi connectivity index (χ0) is 11.7. The highest BCUT2D eigenvalue weighted by Gasteiger charge is 2.11. The molecule has 0 aliphatic heterocycles. The van der Waals surface area contributed by atoms with Gasteiger partial charge in [0.1, 0.15) is 5.82 Å². The smallest absolute Gasteiger partial charge is 0.337 e. The van der Waals surface area contributed by atoms with E-state index in [2.05, 4.69) is 4.98 Å². The largest absolute Gasteiger partial charge is 0.478 e. The molecule has 1 heterocycles. The molecule has 0 saturated heterocycles. The number of benzene rings is 1. The van der Waals surface area contributed by atoms with Crippen LogP contribution < -0.4 is 0 Å². The lowest BCUT2D eigenvalue weighted by Gasteiger charge is -2.05. The molecule has 0 radical (unpaired) electrons. The van der Waals surface area contributed by atoms with Gasteiger partial charge in [-0.25, -0.2) is 9.18 Å². The highest BCUT2D eigenvalue weighted by atomic mass is 19.1. The number of rotatable bonds is 2. The second-order valence-corrected chi connectivity index (χ2v) is 3.48. The number of pyridine rings is 1. The summed E-state index contributed by atoms with van der Waals surface area (Å²) in [6.07, 6.45) is 0.537. The van der Waals surface area contributed by atoms with Gasteiger partial charge < -0.3 is 5.11 Å². The average Bonchev–Trinajstić information content (AvgIpc) is 2.27. The van der Waals surface area contributed by atoms with E-state index in [4.69, 9.17) is 5.11 Å².